The number of rotatable bonds is 6. The molecule has 1 aliphatic heterocycles. The van der Waals surface area contributed by atoms with Crippen LogP contribution >= 0.6 is 0 Å². The molecule has 134 valence electrons. The first-order valence-corrected chi connectivity index (χ1v) is 8.76. The first-order chi connectivity index (χ1) is 12.1. The highest BCUT2D eigenvalue weighted by Gasteiger charge is 2.32. The maximum absolute atomic E-state index is 12.0. The highest BCUT2D eigenvalue weighted by Crippen LogP contribution is 2.32. The van der Waals surface area contributed by atoms with Gasteiger partial charge in [-0.15, -0.1) is 0 Å². The molecule has 1 N–H and O–H groups in total. The number of nitrogens with one attached hydrogen (secondary N) is 1. The summed E-state index contributed by atoms with van der Waals surface area (Å²) in [7, 11) is 1.88. The fourth-order valence-corrected chi connectivity index (χ4v) is 3.01. The van der Waals surface area contributed by atoms with Crippen LogP contribution in [-0.2, 0) is 35.1 Å². The van der Waals surface area contributed by atoms with Crippen molar-refractivity contribution in [2.24, 2.45) is 7.05 Å². The minimum Gasteiger partial charge on any atom is -0.367 e. The smallest absolute Gasteiger partial charge is 0.220 e. The third-order valence-electron chi connectivity index (χ3n) is 4.67. The molecule has 2 aromatic rings. The first-order valence-electron chi connectivity index (χ1n) is 8.76. The zero-order chi connectivity index (χ0) is 17.7. The van der Waals surface area contributed by atoms with Gasteiger partial charge in [0.05, 0.1) is 0 Å². The third kappa shape index (κ3) is 4.42. The van der Waals surface area contributed by atoms with Crippen molar-refractivity contribution in [3.05, 3.63) is 41.7 Å². The quantitative estimate of drug-likeness (QED) is 0.866. The van der Waals surface area contributed by atoms with Gasteiger partial charge in [0.2, 0.25) is 5.91 Å². The van der Waals surface area contributed by atoms with E-state index in [-0.39, 0.29) is 11.5 Å². The summed E-state index contributed by atoms with van der Waals surface area (Å²) in [5, 5.41) is 7.01. The van der Waals surface area contributed by atoms with Gasteiger partial charge >= 0.3 is 0 Å². The first kappa shape index (κ1) is 17.5. The van der Waals surface area contributed by atoms with Gasteiger partial charge in [-0.05, 0) is 38.7 Å². The van der Waals surface area contributed by atoms with Crippen molar-refractivity contribution < 1.29 is 9.53 Å². The van der Waals surface area contributed by atoms with E-state index in [1.807, 2.05) is 20.0 Å². The zero-order valence-electron chi connectivity index (χ0n) is 14.9. The van der Waals surface area contributed by atoms with Crippen LogP contribution in [0.3, 0.4) is 0 Å². The summed E-state index contributed by atoms with van der Waals surface area (Å²) in [6.07, 6.45) is 9.56. The third-order valence-corrected chi connectivity index (χ3v) is 4.67. The van der Waals surface area contributed by atoms with Crippen molar-refractivity contribution in [3.8, 4) is 0 Å². The Hall–Kier alpha value is -2.28. The SMILES string of the molecule is Cn1nccc1CCC(=O)NCc1cnc(C2(C)CCCCO2)nc1. The predicted octanol–water partition coefficient (Wildman–Crippen LogP) is 1.87. The van der Waals surface area contributed by atoms with Crippen molar-refractivity contribution >= 4 is 5.91 Å². The Kier molecular flexibility index (Phi) is 5.43. The number of amides is 1. The molecule has 0 bridgehead atoms. The van der Waals surface area contributed by atoms with Crippen LogP contribution < -0.4 is 5.32 Å². The Morgan fingerprint density at radius 3 is 2.80 bits per heavy atom. The van der Waals surface area contributed by atoms with E-state index in [2.05, 4.69) is 20.4 Å². The predicted molar refractivity (Wildman–Crippen MR) is 92.6 cm³/mol. The van der Waals surface area contributed by atoms with E-state index in [4.69, 9.17) is 4.74 Å². The number of carbonyl (C=O) groups excluding carboxylic acids is 1. The minimum atomic E-state index is -0.386. The summed E-state index contributed by atoms with van der Waals surface area (Å²) in [5.74, 6) is 0.728. The van der Waals surface area contributed by atoms with E-state index in [9.17, 15) is 4.79 Å². The average molecular weight is 343 g/mol. The molecule has 0 aromatic carbocycles. The van der Waals surface area contributed by atoms with E-state index < -0.39 is 0 Å². The van der Waals surface area contributed by atoms with E-state index in [1.54, 1.807) is 23.3 Å². The standard InChI is InChI=1S/C18H25N5O2/c1-18(8-3-4-10-25-18)17-20-12-14(13-21-17)11-19-16(24)6-5-15-7-9-22-23(15)2/h7,9,12-13H,3-6,8,10-11H2,1-2H3,(H,19,24). The van der Waals surface area contributed by atoms with Gasteiger partial charge in [-0.2, -0.15) is 5.10 Å². The van der Waals surface area contributed by atoms with Gasteiger partial charge in [0.25, 0.3) is 0 Å². The number of hydrogen-bond acceptors (Lipinski definition) is 5. The molecule has 7 nitrogen and oxygen atoms in total. The Labute approximate surface area is 147 Å². The van der Waals surface area contributed by atoms with Crippen LogP contribution in [0.15, 0.2) is 24.7 Å². The highest BCUT2D eigenvalue weighted by atomic mass is 16.5. The maximum Gasteiger partial charge on any atom is 0.220 e. The molecule has 7 heteroatoms. The van der Waals surface area contributed by atoms with Crippen molar-refractivity contribution in [2.45, 2.75) is 51.2 Å². The van der Waals surface area contributed by atoms with Gasteiger partial charge in [-0.3, -0.25) is 9.48 Å². The summed E-state index contributed by atoms with van der Waals surface area (Å²) < 4.78 is 7.65. The lowest BCUT2D eigenvalue weighted by Crippen LogP contribution is -2.32. The molecule has 2 aromatic heterocycles. The lowest BCUT2D eigenvalue weighted by Gasteiger charge is -2.32. The Balaban J connectivity index is 1.48. The van der Waals surface area contributed by atoms with Crippen molar-refractivity contribution in [2.75, 3.05) is 6.61 Å². The van der Waals surface area contributed by atoms with Gasteiger partial charge in [0, 0.05) is 56.5 Å². The largest absolute Gasteiger partial charge is 0.367 e. The van der Waals surface area contributed by atoms with Crippen LogP contribution in [0.25, 0.3) is 0 Å². The van der Waals surface area contributed by atoms with E-state index in [0.717, 1.165) is 43.0 Å². The normalized spacial score (nSPS) is 20.4. The fourth-order valence-electron chi connectivity index (χ4n) is 3.01. The number of nitrogens with zero attached hydrogens (tertiary/aromatic N) is 4. The van der Waals surface area contributed by atoms with Gasteiger partial charge in [-0.1, -0.05) is 0 Å². The number of hydrogen-bond donors (Lipinski definition) is 1. The molecule has 1 amide bonds. The van der Waals surface area contributed by atoms with Gasteiger partial charge in [0.1, 0.15) is 5.60 Å². The molecular weight excluding hydrogens is 318 g/mol. The zero-order valence-corrected chi connectivity index (χ0v) is 14.9. The maximum atomic E-state index is 12.0. The molecule has 3 rings (SSSR count). The number of ether oxygens (including phenoxy) is 1. The Morgan fingerprint density at radius 2 is 2.16 bits per heavy atom. The second kappa shape index (κ2) is 7.74. The van der Waals surface area contributed by atoms with Crippen molar-refractivity contribution in [3.63, 3.8) is 0 Å². The van der Waals surface area contributed by atoms with Crippen LogP contribution in [0.2, 0.25) is 0 Å². The number of aryl methyl sites for hydroxylation is 2. The van der Waals surface area contributed by atoms with E-state index in [1.165, 1.54) is 0 Å². The molecule has 1 saturated heterocycles. The summed E-state index contributed by atoms with van der Waals surface area (Å²) in [6.45, 7) is 3.23. The molecular formula is C18H25N5O2. The van der Waals surface area contributed by atoms with E-state index in [0.29, 0.717) is 19.4 Å². The summed E-state index contributed by atoms with van der Waals surface area (Å²) in [6, 6.07) is 1.92. The molecule has 0 saturated carbocycles. The average Bonchev–Trinajstić information content (AvgIpc) is 3.04. The second-order valence-corrected chi connectivity index (χ2v) is 6.67. The topological polar surface area (TPSA) is 81.9 Å². The lowest BCUT2D eigenvalue weighted by atomic mass is 9.95. The number of carbonyl (C=O) groups is 1. The molecule has 0 spiro atoms. The van der Waals surface area contributed by atoms with Crippen LogP contribution in [0.1, 0.15) is 49.7 Å². The molecule has 1 atom stereocenters. The van der Waals surface area contributed by atoms with Crippen LogP contribution in [0.4, 0.5) is 0 Å². The lowest BCUT2D eigenvalue weighted by molar-refractivity contribution is -0.121. The summed E-state index contributed by atoms with van der Waals surface area (Å²) in [4.78, 5) is 20.9. The molecule has 1 fully saturated rings. The molecule has 1 unspecified atom stereocenters. The van der Waals surface area contributed by atoms with Crippen molar-refractivity contribution in [1.29, 1.82) is 0 Å². The second-order valence-electron chi connectivity index (χ2n) is 6.67. The van der Waals surface area contributed by atoms with Crippen LogP contribution in [-0.4, -0.2) is 32.3 Å². The monoisotopic (exact) mass is 343 g/mol. The molecule has 0 aliphatic carbocycles. The van der Waals surface area contributed by atoms with E-state index >= 15 is 0 Å². The molecule has 1 aliphatic rings. The van der Waals surface area contributed by atoms with Crippen LogP contribution in [0, 0.1) is 0 Å². The minimum absolute atomic E-state index is 0.00727. The van der Waals surface area contributed by atoms with Crippen molar-refractivity contribution in [1.82, 2.24) is 25.1 Å². The van der Waals surface area contributed by atoms with Crippen LogP contribution in [0.5, 0.6) is 0 Å². The highest BCUT2D eigenvalue weighted by molar-refractivity contribution is 5.76. The molecule has 3 heterocycles. The Morgan fingerprint density at radius 1 is 1.36 bits per heavy atom. The number of aromatic nitrogens is 4. The van der Waals surface area contributed by atoms with Gasteiger partial charge in [0.15, 0.2) is 5.82 Å². The summed E-state index contributed by atoms with van der Waals surface area (Å²) >= 11 is 0. The Bertz CT molecular complexity index is 705. The summed E-state index contributed by atoms with van der Waals surface area (Å²) in [5.41, 5.74) is 1.55. The fraction of sp³-hybridized carbons (Fsp3) is 0.556. The molecule has 0 radical (unpaired) electrons. The molecule has 25 heavy (non-hydrogen) atoms. The van der Waals surface area contributed by atoms with Gasteiger partial charge in [-0.25, -0.2) is 9.97 Å². The van der Waals surface area contributed by atoms with Gasteiger partial charge < -0.3 is 10.1 Å².